The summed E-state index contributed by atoms with van der Waals surface area (Å²) in [5, 5.41) is 11.2. The van der Waals surface area contributed by atoms with Crippen molar-refractivity contribution in [3.05, 3.63) is 70.3 Å². The van der Waals surface area contributed by atoms with E-state index in [1.54, 1.807) is 11.9 Å². The van der Waals surface area contributed by atoms with Crippen molar-refractivity contribution in [2.75, 3.05) is 38.2 Å². The molecule has 4 aliphatic rings. The van der Waals surface area contributed by atoms with Crippen LogP contribution in [0.1, 0.15) is 81.9 Å². The van der Waals surface area contributed by atoms with Gasteiger partial charge in [0.15, 0.2) is 8.32 Å². The summed E-state index contributed by atoms with van der Waals surface area (Å²) in [5.74, 6) is -0.539. The lowest BCUT2D eigenvalue weighted by atomic mass is 9.68. The highest BCUT2D eigenvalue weighted by Crippen LogP contribution is 2.48. The van der Waals surface area contributed by atoms with Gasteiger partial charge in [-0.1, -0.05) is 56.7 Å². The molecule has 1 fully saturated rings. The lowest BCUT2D eigenvalue weighted by Crippen LogP contribution is -2.52. The number of amides is 1. The SMILES string of the molecule is CN1CC/C=C/[C@H](O[Si](C)(C)C(C)(C)C)[C@@H]2CC[C@H]2CN2C[C@@]3(CCCc4cc(Cl)ccc43)COc3ccc(cc32)[C@@H](C(=O)O)CC1=O. The number of carboxylic acids is 1. The molecular weight excluding hydrogens is 640 g/mol. The normalized spacial score (nSPS) is 28.9. The fourth-order valence-corrected chi connectivity index (χ4v) is 9.45. The van der Waals surface area contributed by atoms with Crippen LogP contribution in [-0.2, 0) is 25.9 Å². The summed E-state index contributed by atoms with van der Waals surface area (Å²) in [4.78, 5) is 30.2. The van der Waals surface area contributed by atoms with E-state index in [0.717, 1.165) is 61.7 Å². The van der Waals surface area contributed by atoms with Crippen molar-refractivity contribution in [3.63, 3.8) is 0 Å². The monoisotopic (exact) mass is 692 g/mol. The van der Waals surface area contributed by atoms with E-state index in [2.05, 4.69) is 63.0 Å². The van der Waals surface area contributed by atoms with E-state index >= 15 is 0 Å². The largest absolute Gasteiger partial charge is 0.490 e. The molecule has 48 heavy (non-hydrogen) atoms. The molecule has 1 N–H and O–H groups in total. The number of carbonyl (C=O) groups is 2. The smallest absolute Gasteiger partial charge is 0.311 e. The van der Waals surface area contributed by atoms with E-state index in [0.29, 0.717) is 37.0 Å². The average Bonchev–Trinajstić information content (AvgIpc) is 3.15. The first-order valence-corrected chi connectivity index (χ1v) is 21.1. The summed E-state index contributed by atoms with van der Waals surface area (Å²) in [6, 6.07) is 12.1. The van der Waals surface area contributed by atoms with Crippen LogP contribution in [0.25, 0.3) is 0 Å². The van der Waals surface area contributed by atoms with Gasteiger partial charge < -0.3 is 24.1 Å². The molecule has 0 saturated heterocycles. The molecule has 1 spiro atoms. The van der Waals surface area contributed by atoms with Crippen LogP contribution in [0.3, 0.4) is 0 Å². The summed E-state index contributed by atoms with van der Waals surface area (Å²) >= 11 is 6.48. The van der Waals surface area contributed by atoms with Crippen molar-refractivity contribution < 1.29 is 23.9 Å². The molecule has 0 radical (unpaired) electrons. The van der Waals surface area contributed by atoms with Gasteiger partial charge in [0.2, 0.25) is 5.91 Å². The van der Waals surface area contributed by atoms with Gasteiger partial charge in [0.1, 0.15) is 5.75 Å². The quantitative estimate of drug-likeness (QED) is 0.258. The second-order valence-corrected chi connectivity index (χ2v) is 21.5. The second-order valence-electron chi connectivity index (χ2n) is 16.3. The Morgan fingerprint density at radius 1 is 1.15 bits per heavy atom. The maximum Gasteiger partial charge on any atom is 0.311 e. The van der Waals surface area contributed by atoms with E-state index < -0.39 is 20.2 Å². The zero-order valence-corrected chi connectivity index (χ0v) is 31.3. The summed E-state index contributed by atoms with van der Waals surface area (Å²) in [6.07, 6.45) is 10.4. The summed E-state index contributed by atoms with van der Waals surface area (Å²) in [5.41, 5.74) is 3.94. The highest BCUT2D eigenvalue weighted by molar-refractivity contribution is 6.74. The molecule has 2 aliphatic carbocycles. The van der Waals surface area contributed by atoms with Gasteiger partial charge in [-0.05, 0) is 109 Å². The van der Waals surface area contributed by atoms with Crippen molar-refractivity contribution in [1.29, 1.82) is 0 Å². The molecule has 5 atom stereocenters. The average molecular weight is 693 g/mol. The van der Waals surface area contributed by atoms with Crippen LogP contribution in [-0.4, -0.2) is 69.6 Å². The molecule has 9 heteroatoms. The Morgan fingerprint density at radius 3 is 2.65 bits per heavy atom. The fraction of sp³-hybridized carbons (Fsp3) is 0.590. The number of rotatable bonds is 3. The van der Waals surface area contributed by atoms with Crippen LogP contribution in [0.4, 0.5) is 5.69 Å². The first kappa shape index (κ1) is 35.0. The van der Waals surface area contributed by atoms with Crippen LogP contribution >= 0.6 is 11.6 Å². The third-order valence-electron chi connectivity index (χ3n) is 12.1. The Kier molecular flexibility index (Phi) is 9.84. The van der Waals surface area contributed by atoms with Gasteiger partial charge in [-0.2, -0.15) is 0 Å². The van der Waals surface area contributed by atoms with Crippen molar-refractivity contribution >= 4 is 37.5 Å². The number of hydrogen-bond donors (Lipinski definition) is 1. The fourth-order valence-electron chi connectivity index (χ4n) is 7.97. The first-order valence-electron chi connectivity index (χ1n) is 17.8. The van der Waals surface area contributed by atoms with Gasteiger partial charge in [-0.15, -0.1) is 0 Å². The van der Waals surface area contributed by atoms with Crippen LogP contribution in [0, 0.1) is 11.8 Å². The topological polar surface area (TPSA) is 79.3 Å². The van der Waals surface area contributed by atoms with Crippen molar-refractivity contribution in [3.8, 4) is 5.75 Å². The zero-order chi connectivity index (χ0) is 34.4. The minimum absolute atomic E-state index is 0.00971. The molecule has 1 saturated carbocycles. The Balaban J connectivity index is 1.43. The number of aliphatic carboxylic acids is 1. The first-order chi connectivity index (χ1) is 22.7. The number of fused-ring (bicyclic) bond motifs is 4. The minimum Gasteiger partial charge on any atom is -0.490 e. The van der Waals surface area contributed by atoms with E-state index in [1.165, 1.54) is 11.1 Å². The standard InChI is InChI=1S/C39H53ClN2O5Si/c1-38(2,3)48(5,6)47-34-11-7-8-19-41(4)36(43)22-31(37(44)45)26-13-17-35-33(21-26)42(23-28-12-15-30(28)34)24-39(25-46-35)18-9-10-27-20-29(40)14-16-32(27)39/h7,11,13-14,16-17,20-21,28,30-31,34H,8-10,12,15,18-19,22-25H2,1-6H3,(H,44,45)/b11-7+/t28-,30+,31-,34-,39-/m0/s1. The summed E-state index contributed by atoms with van der Waals surface area (Å²) in [7, 11) is -0.301. The van der Waals surface area contributed by atoms with Crippen LogP contribution in [0.5, 0.6) is 5.75 Å². The van der Waals surface area contributed by atoms with Gasteiger partial charge >= 0.3 is 5.97 Å². The van der Waals surface area contributed by atoms with Gasteiger partial charge in [0, 0.05) is 43.5 Å². The van der Waals surface area contributed by atoms with E-state index in [1.807, 2.05) is 24.3 Å². The minimum atomic E-state index is -2.07. The Morgan fingerprint density at radius 2 is 1.94 bits per heavy atom. The van der Waals surface area contributed by atoms with Crippen molar-refractivity contribution in [1.82, 2.24) is 4.90 Å². The number of hydrogen-bond acceptors (Lipinski definition) is 5. The number of benzene rings is 2. The van der Waals surface area contributed by atoms with Crippen molar-refractivity contribution in [2.45, 2.75) is 101 Å². The molecule has 260 valence electrons. The van der Waals surface area contributed by atoms with Gasteiger partial charge in [-0.3, -0.25) is 9.59 Å². The number of carbonyl (C=O) groups excluding carboxylic acids is 1. The molecule has 6 rings (SSSR count). The van der Waals surface area contributed by atoms with Gasteiger partial charge in [0.25, 0.3) is 0 Å². The Hall–Kier alpha value is -2.81. The Labute approximate surface area is 292 Å². The Bertz CT molecular complexity index is 1570. The lowest BCUT2D eigenvalue weighted by Gasteiger charge is -2.48. The number of halogens is 1. The highest BCUT2D eigenvalue weighted by atomic mass is 35.5. The zero-order valence-electron chi connectivity index (χ0n) is 29.6. The van der Waals surface area contributed by atoms with Crippen LogP contribution in [0.15, 0.2) is 48.6 Å². The van der Waals surface area contributed by atoms with Gasteiger partial charge in [0.05, 0.1) is 24.3 Å². The van der Waals surface area contributed by atoms with E-state index in [4.69, 9.17) is 20.8 Å². The molecular formula is C39H53ClN2O5Si. The maximum atomic E-state index is 13.4. The highest BCUT2D eigenvalue weighted by Gasteiger charge is 2.47. The number of anilines is 1. The van der Waals surface area contributed by atoms with Gasteiger partial charge in [-0.25, -0.2) is 0 Å². The van der Waals surface area contributed by atoms with Crippen LogP contribution in [0.2, 0.25) is 23.2 Å². The van der Waals surface area contributed by atoms with E-state index in [-0.39, 0.29) is 28.9 Å². The predicted octanol–water partition coefficient (Wildman–Crippen LogP) is 8.21. The maximum absolute atomic E-state index is 13.4. The summed E-state index contributed by atoms with van der Waals surface area (Å²) in [6.45, 7) is 14.2. The molecule has 1 amide bonds. The number of nitrogens with zero attached hydrogens (tertiary/aromatic N) is 2. The third kappa shape index (κ3) is 6.95. The lowest BCUT2D eigenvalue weighted by molar-refractivity contribution is -0.142. The van der Waals surface area contributed by atoms with Crippen LogP contribution < -0.4 is 9.64 Å². The molecule has 2 heterocycles. The molecule has 2 aromatic rings. The number of ether oxygens (including phenoxy) is 1. The third-order valence-corrected chi connectivity index (χ3v) is 16.8. The molecule has 0 unspecified atom stereocenters. The molecule has 2 aliphatic heterocycles. The molecule has 2 aromatic carbocycles. The summed E-state index contributed by atoms with van der Waals surface area (Å²) < 4.78 is 13.9. The van der Waals surface area contributed by atoms with Crippen molar-refractivity contribution in [2.24, 2.45) is 11.8 Å². The molecule has 7 nitrogen and oxygen atoms in total. The molecule has 0 aromatic heterocycles. The molecule has 2 bridgehead atoms. The van der Waals surface area contributed by atoms with E-state index in [9.17, 15) is 14.7 Å². The predicted molar refractivity (Wildman–Crippen MR) is 195 cm³/mol. The number of aryl methyl sites for hydroxylation is 1. The number of carboxylic acid groups (broad SMARTS) is 1. The second kappa shape index (κ2) is 13.5.